The molecule has 172 valence electrons. The summed E-state index contributed by atoms with van der Waals surface area (Å²) in [5.41, 5.74) is 1.51. The van der Waals surface area contributed by atoms with Crippen LogP contribution in [0.15, 0.2) is 58.4 Å². The summed E-state index contributed by atoms with van der Waals surface area (Å²) < 4.78 is 39.1. The summed E-state index contributed by atoms with van der Waals surface area (Å²) in [6.07, 6.45) is 0. The number of sulfonamides is 1. The van der Waals surface area contributed by atoms with E-state index >= 15 is 0 Å². The largest absolute Gasteiger partial charge is 0.357 e. The van der Waals surface area contributed by atoms with Crippen LogP contribution in [0, 0.1) is 5.82 Å². The Kier molecular flexibility index (Phi) is 10.4. The lowest BCUT2D eigenvalue weighted by Gasteiger charge is -2.27. The van der Waals surface area contributed by atoms with Crippen molar-refractivity contribution < 1.29 is 12.8 Å². The maximum atomic E-state index is 13.6. The Hall–Kier alpha value is -1.72. The molecular weight excluding hydrogens is 530 g/mol. The normalized spacial score (nSPS) is 12.4. The standard InChI is InChI=1S/C22H31FN4O2S.HI/c1-6-24-21(26-16-22(2,3)18-8-7-9-19(23)14-18)25-15-17-10-12-20(13-11-17)30(28,29)27(4)5;/h7-14H,6,15-16H2,1-5H3,(H2,24,25,26);1H. The summed E-state index contributed by atoms with van der Waals surface area (Å²) in [4.78, 5) is 4.84. The first-order valence-electron chi connectivity index (χ1n) is 9.86. The summed E-state index contributed by atoms with van der Waals surface area (Å²) in [5, 5.41) is 6.51. The van der Waals surface area contributed by atoms with Crippen LogP contribution in [-0.2, 0) is 22.0 Å². The Labute approximate surface area is 202 Å². The molecule has 0 aromatic heterocycles. The van der Waals surface area contributed by atoms with Gasteiger partial charge in [-0.3, -0.25) is 0 Å². The maximum Gasteiger partial charge on any atom is 0.242 e. The number of guanidine groups is 1. The molecule has 6 nitrogen and oxygen atoms in total. The molecule has 0 aliphatic rings. The van der Waals surface area contributed by atoms with Crippen molar-refractivity contribution in [3.05, 3.63) is 65.5 Å². The van der Waals surface area contributed by atoms with Gasteiger partial charge in [-0.25, -0.2) is 22.1 Å². The van der Waals surface area contributed by atoms with E-state index in [0.717, 1.165) is 11.1 Å². The van der Waals surface area contributed by atoms with E-state index in [9.17, 15) is 12.8 Å². The van der Waals surface area contributed by atoms with Crippen LogP contribution in [0.4, 0.5) is 4.39 Å². The van der Waals surface area contributed by atoms with Crippen LogP contribution in [0.5, 0.6) is 0 Å². The third kappa shape index (κ3) is 7.73. The average Bonchev–Trinajstić information content (AvgIpc) is 2.70. The van der Waals surface area contributed by atoms with Gasteiger partial charge in [0.05, 0.1) is 11.4 Å². The maximum absolute atomic E-state index is 13.6. The number of nitrogens with zero attached hydrogens (tertiary/aromatic N) is 2. The molecule has 2 aromatic carbocycles. The van der Waals surface area contributed by atoms with Crippen molar-refractivity contribution >= 4 is 40.0 Å². The number of nitrogens with one attached hydrogen (secondary N) is 2. The van der Waals surface area contributed by atoms with Gasteiger partial charge in [0, 0.05) is 32.6 Å². The van der Waals surface area contributed by atoms with E-state index in [2.05, 4.69) is 15.6 Å². The molecule has 0 aliphatic heterocycles. The molecule has 2 aromatic rings. The highest BCUT2D eigenvalue weighted by molar-refractivity contribution is 14.0. The van der Waals surface area contributed by atoms with Crippen molar-refractivity contribution in [2.75, 3.05) is 27.2 Å². The molecule has 0 radical (unpaired) electrons. The van der Waals surface area contributed by atoms with Gasteiger partial charge in [-0.1, -0.05) is 38.1 Å². The number of hydrogen-bond donors (Lipinski definition) is 2. The Morgan fingerprint density at radius 3 is 2.29 bits per heavy atom. The van der Waals surface area contributed by atoms with Crippen molar-refractivity contribution in [3.63, 3.8) is 0 Å². The molecule has 2 rings (SSSR count). The van der Waals surface area contributed by atoms with Gasteiger partial charge in [-0.15, -0.1) is 24.0 Å². The number of halogens is 2. The molecule has 9 heteroatoms. The Morgan fingerprint density at radius 2 is 1.74 bits per heavy atom. The molecular formula is C22H32FIN4O2S. The minimum atomic E-state index is -3.44. The van der Waals surface area contributed by atoms with E-state index in [0.29, 0.717) is 25.6 Å². The number of benzene rings is 2. The fourth-order valence-electron chi connectivity index (χ4n) is 2.81. The molecule has 0 saturated heterocycles. The first-order chi connectivity index (χ1) is 14.1. The molecule has 0 unspecified atom stereocenters. The van der Waals surface area contributed by atoms with Gasteiger partial charge in [0.1, 0.15) is 5.82 Å². The zero-order valence-corrected chi connectivity index (χ0v) is 21.8. The molecule has 31 heavy (non-hydrogen) atoms. The average molecular weight is 562 g/mol. The first kappa shape index (κ1) is 27.3. The number of rotatable bonds is 8. The molecule has 0 atom stereocenters. The predicted octanol–water partition coefficient (Wildman–Crippen LogP) is 3.73. The van der Waals surface area contributed by atoms with Crippen LogP contribution in [-0.4, -0.2) is 45.9 Å². The lowest BCUT2D eigenvalue weighted by atomic mass is 9.84. The van der Waals surface area contributed by atoms with Crippen LogP contribution < -0.4 is 10.6 Å². The highest BCUT2D eigenvalue weighted by Crippen LogP contribution is 2.22. The lowest BCUT2D eigenvalue weighted by Crippen LogP contribution is -2.43. The van der Waals surface area contributed by atoms with E-state index in [1.807, 2.05) is 26.8 Å². The Morgan fingerprint density at radius 1 is 1.10 bits per heavy atom. The van der Waals surface area contributed by atoms with Crippen molar-refractivity contribution in [3.8, 4) is 0 Å². The second-order valence-corrected chi connectivity index (χ2v) is 10.0. The molecule has 0 amide bonds. The number of aliphatic imine (C=N–C) groups is 1. The Balaban J connectivity index is 0.00000480. The summed E-state index contributed by atoms with van der Waals surface area (Å²) in [7, 11) is -0.428. The molecule has 0 fully saturated rings. The van der Waals surface area contributed by atoms with Crippen molar-refractivity contribution in [1.82, 2.24) is 14.9 Å². The molecule has 0 saturated carbocycles. The lowest BCUT2D eigenvalue weighted by molar-refractivity contribution is 0.503. The third-order valence-electron chi connectivity index (χ3n) is 4.77. The molecule has 0 bridgehead atoms. The van der Waals surface area contributed by atoms with Gasteiger partial charge in [0.15, 0.2) is 5.96 Å². The van der Waals surface area contributed by atoms with Gasteiger partial charge < -0.3 is 10.6 Å². The SMILES string of the molecule is CCNC(=NCc1ccc(S(=O)(=O)N(C)C)cc1)NCC(C)(C)c1cccc(F)c1.I. The fraction of sp³-hybridized carbons (Fsp3) is 0.409. The second-order valence-electron chi connectivity index (χ2n) is 7.87. The summed E-state index contributed by atoms with van der Waals surface area (Å²) in [6.45, 7) is 7.74. The minimum absolute atomic E-state index is 0. The molecule has 0 spiro atoms. The highest BCUT2D eigenvalue weighted by atomic mass is 127. The predicted molar refractivity (Wildman–Crippen MR) is 135 cm³/mol. The summed E-state index contributed by atoms with van der Waals surface area (Å²) in [5.74, 6) is 0.396. The van der Waals surface area contributed by atoms with E-state index in [-0.39, 0.29) is 40.1 Å². The van der Waals surface area contributed by atoms with Crippen molar-refractivity contribution in [1.29, 1.82) is 0 Å². The zero-order chi connectivity index (χ0) is 22.4. The quantitative estimate of drug-likeness (QED) is 0.292. The topological polar surface area (TPSA) is 73.8 Å². The van der Waals surface area contributed by atoms with Crippen LogP contribution >= 0.6 is 24.0 Å². The van der Waals surface area contributed by atoms with Gasteiger partial charge in [0.2, 0.25) is 10.0 Å². The zero-order valence-electron chi connectivity index (χ0n) is 18.6. The van der Waals surface area contributed by atoms with Gasteiger partial charge in [-0.2, -0.15) is 0 Å². The number of hydrogen-bond acceptors (Lipinski definition) is 3. The van der Waals surface area contributed by atoms with Gasteiger partial charge in [-0.05, 0) is 42.3 Å². The van der Waals surface area contributed by atoms with E-state index < -0.39 is 10.0 Å². The summed E-state index contributed by atoms with van der Waals surface area (Å²) >= 11 is 0. The van der Waals surface area contributed by atoms with Gasteiger partial charge >= 0.3 is 0 Å². The monoisotopic (exact) mass is 562 g/mol. The smallest absolute Gasteiger partial charge is 0.242 e. The second kappa shape index (κ2) is 11.8. The van der Waals surface area contributed by atoms with Crippen molar-refractivity contribution in [2.24, 2.45) is 4.99 Å². The van der Waals surface area contributed by atoms with Crippen molar-refractivity contribution in [2.45, 2.75) is 37.6 Å². The van der Waals surface area contributed by atoms with E-state index in [4.69, 9.17) is 0 Å². The highest BCUT2D eigenvalue weighted by Gasteiger charge is 2.21. The minimum Gasteiger partial charge on any atom is -0.357 e. The first-order valence-corrected chi connectivity index (χ1v) is 11.3. The fourth-order valence-corrected chi connectivity index (χ4v) is 3.71. The van der Waals surface area contributed by atoms with E-state index in [1.165, 1.54) is 24.5 Å². The summed E-state index contributed by atoms with van der Waals surface area (Å²) in [6, 6.07) is 13.3. The third-order valence-corrected chi connectivity index (χ3v) is 6.60. The Bertz CT molecular complexity index is 977. The molecule has 2 N–H and O–H groups in total. The van der Waals surface area contributed by atoms with Crippen LogP contribution in [0.2, 0.25) is 0 Å². The van der Waals surface area contributed by atoms with Gasteiger partial charge in [0.25, 0.3) is 0 Å². The van der Waals surface area contributed by atoms with E-state index in [1.54, 1.807) is 36.4 Å². The molecule has 0 heterocycles. The van der Waals surface area contributed by atoms with Crippen LogP contribution in [0.3, 0.4) is 0 Å². The van der Waals surface area contributed by atoms with Crippen LogP contribution in [0.1, 0.15) is 31.9 Å². The molecule has 0 aliphatic carbocycles. The van der Waals surface area contributed by atoms with Crippen LogP contribution in [0.25, 0.3) is 0 Å².